The molecule has 0 amide bonds. The van der Waals surface area contributed by atoms with Crippen LogP contribution in [0.25, 0.3) is 17.0 Å². The first-order chi connectivity index (χ1) is 13.1. The second kappa shape index (κ2) is 8.13. The minimum atomic E-state index is -0.619. The molecule has 3 aromatic rings. The zero-order valence-corrected chi connectivity index (χ0v) is 14.8. The second-order valence-electron chi connectivity index (χ2n) is 5.45. The molecule has 1 aromatic heterocycles. The number of methoxy groups -OCH3 is 2. The maximum atomic E-state index is 12.3. The van der Waals surface area contributed by atoms with E-state index >= 15 is 0 Å². The van der Waals surface area contributed by atoms with Crippen molar-refractivity contribution in [1.82, 2.24) is 15.0 Å². The van der Waals surface area contributed by atoms with E-state index in [1.165, 1.54) is 13.2 Å². The van der Waals surface area contributed by atoms with Crippen LogP contribution in [0.2, 0.25) is 0 Å². The predicted molar refractivity (Wildman–Crippen MR) is 98.5 cm³/mol. The lowest BCUT2D eigenvalue weighted by molar-refractivity contribution is -0.141. The van der Waals surface area contributed by atoms with Crippen LogP contribution in [0.4, 0.5) is 0 Å². The van der Waals surface area contributed by atoms with E-state index in [0.717, 1.165) is 10.2 Å². The third-order valence-corrected chi connectivity index (χ3v) is 3.78. The number of nitrogens with zero attached hydrogens (tertiary/aromatic N) is 3. The van der Waals surface area contributed by atoms with Crippen molar-refractivity contribution in [1.29, 1.82) is 0 Å². The maximum absolute atomic E-state index is 12.3. The third kappa shape index (κ3) is 4.12. The Bertz CT molecular complexity index is 1060. The van der Waals surface area contributed by atoms with Gasteiger partial charge in [-0.15, -0.1) is 5.10 Å². The van der Waals surface area contributed by atoms with Gasteiger partial charge in [0, 0.05) is 6.08 Å². The lowest BCUT2D eigenvalue weighted by Gasteiger charge is -2.07. The topological polar surface area (TPSA) is 92.5 Å². The highest BCUT2D eigenvalue weighted by Crippen LogP contribution is 2.27. The van der Waals surface area contributed by atoms with Gasteiger partial charge in [0.15, 0.2) is 18.2 Å². The normalized spacial score (nSPS) is 10.9. The molecule has 0 aliphatic heterocycles. The molecule has 0 bridgehead atoms. The van der Waals surface area contributed by atoms with E-state index in [0.29, 0.717) is 22.4 Å². The van der Waals surface area contributed by atoms with Gasteiger partial charge in [-0.25, -0.2) is 4.79 Å². The first kappa shape index (κ1) is 18.1. The van der Waals surface area contributed by atoms with Gasteiger partial charge in [0.05, 0.1) is 19.6 Å². The highest BCUT2D eigenvalue weighted by molar-refractivity contribution is 5.87. The first-order valence-corrected chi connectivity index (χ1v) is 8.02. The van der Waals surface area contributed by atoms with Crippen LogP contribution in [-0.4, -0.2) is 35.2 Å². The third-order valence-electron chi connectivity index (χ3n) is 3.78. The van der Waals surface area contributed by atoms with E-state index < -0.39 is 5.97 Å². The van der Waals surface area contributed by atoms with Gasteiger partial charge in [0.2, 0.25) is 0 Å². The molecule has 0 aliphatic rings. The summed E-state index contributed by atoms with van der Waals surface area (Å²) in [5.41, 5.74) is 0.836. The SMILES string of the molecule is COc1ccc(/C=C\C(=O)OCn2nnc3ccccc3c2=O)cc1OC. The smallest absolute Gasteiger partial charge is 0.332 e. The average molecular weight is 367 g/mol. The number of carbonyl (C=O) groups excluding carboxylic acids is 1. The first-order valence-electron chi connectivity index (χ1n) is 8.02. The lowest BCUT2D eigenvalue weighted by atomic mass is 10.2. The minimum Gasteiger partial charge on any atom is -0.493 e. The molecule has 8 nitrogen and oxygen atoms in total. The minimum absolute atomic E-state index is 0.328. The number of hydrogen-bond donors (Lipinski definition) is 0. The highest BCUT2D eigenvalue weighted by atomic mass is 16.5. The van der Waals surface area contributed by atoms with E-state index in [9.17, 15) is 9.59 Å². The summed E-state index contributed by atoms with van der Waals surface area (Å²) in [5, 5.41) is 8.09. The summed E-state index contributed by atoms with van der Waals surface area (Å²) in [7, 11) is 3.07. The molecule has 0 atom stereocenters. The summed E-state index contributed by atoms with van der Waals surface area (Å²) in [5.74, 6) is 0.518. The van der Waals surface area contributed by atoms with Crippen LogP contribution in [-0.2, 0) is 16.3 Å². The van der Waals surface area contributed by atoms with Crippen LogP contribution in [0.1, 0.15) is 5.56 Å². The molecule has 27 heavy (non-hydrogen) atoms. The Kier molecular flexibility index (Phi) is 5.46. The molecule has 0 radical (unpaired) electrons. The molecule has 0 saturated carbocycles. The Morgan fingerprint density at radius 3 is 2.67 bits per heavy atom. The van der Waals surface area contributed by atoms with Crippen molar-refractivity contribution in [2.24, 2.45) is 0 Å². The predicted octanol–water partition coefficient (Wildman–Crippen LogP) is 2.02. The Labute approximate surface area is 154 Å². The summed E-state index contributed by atoms with van der Waals surface area (Å²) in [6.45, 7) is -0.328. The van der Waals surface area contributed by atoms with Crippen LogP contribution in [0.15, 0.2) is 53.3 Å². The van der Waals surface area contributed by atoms with Gasteiger partial charge in [-0.1, -0.05) is 23.4 Å². The number of ether oxygens (including phenoxy) is 3. The van der Waals surface area contributed by atoms with E-state index in [4.69, 9.17) is 14.2 Å². The second-order valence-corrected chi connectivity index (χ2v) is 5.45. The van der Waals surface area contributed by atoms with Crippen molar-refractivity contribution in [3.05, 3.63) is 64.5 Å². The highest BCUT2D eigenvalue weighted by Gasteiger charge is 2.07. The molecule has 2 aromatic carbocycles. The Morgan fingerprint density at radius 2 is 1.89 bits per heavy atom. The Hall–Kier alpha value is -3.68. The number of rotatable bonds is 6. The molecule has 0 fully saturated rings. The monoisotopic (exact) mass is 367 g/mol. The van der Waals surface area contributed by atoms with Gasteiger partial charge in [-0.2, -0.15) is 4.68 Å². The van der Waals surface area contributed by atoms with Crippen LogP contribution in [0.3, 0.4) is 0 Å². The summed E-state index contributed by atoms with van der Waals surface area (Å²) in [6.07, 6.45) is 2.82. The van der Waals surface area contributed by atoms with Gasteiger partial charge >= 0.3 is 5.97 Å². The summed E-state index contributed by atoms with van der Waals surface area (Å²) in [4.78, 5) is 24.2. The molecule has 138 valence electrons. The molecule has 0 saturated heterocycles. The molecule has 1 heterocycles. The molecular formula is C19H17N3O5. The van der Waals surface area contributed by atoms with Crippen molar-refractivity contribution >= 4 is 22.9 Å². The molecular weight excluding hydrogens is 350 g/mol. The standard InChI is InChI=1S/C19H17N3O5/c1-25-16-9-7-13(11-17(16)26-2)8-10-18(23)27-12-22-19(24)14-5-3-4-6-15(14)20-21-22/h3-11H,12H2,1-2H3/b10-8-. The largest absolute Gasteiger partial charge is 0.493 e. The summed E-state index contributed by atoms with van der Waals surface area (Å²) in [6, 6.07) is 12.0. The molecule has 0 N–H and O–H groups in total. The molecule has 3 rings (SSSR count). The number of hydrogen-bond acceptors (Lipinski definition) is 7. The fourth-order valence-corrected chi connectivity index (χ4v) is 2.40. The molecule has 8 heteroatoms. The molecule has 0 spiro atoms. The van der Waals surface area contributed by atoms with Gasteiger partial charge < -0.3 is 14.2 Å². The van der Waals surface area contributed by atoms with Gasteiger partial charge in [-0.05, 0) is 35.9 Å². The summed E-state index contributed by atoms with van der Waals surface area (Å²) < 4.78 is 16.4. The van der Waals surface area contributed by atoms with Crippen LogP contribution >= 0.6 is 0 Å². The lowest BCUT2D eigenvalue weighted by Crippen LogP contribution is -2.26. The zero-order chi connectivity index (χ0) is 19.2. The van der Waals surface area contributed by atoms with Crippen molar-refractivity contribution in [3.63, 3.8) is 0 Å². The van der Waals surface area contributed by atoms with E-state index in [1.54, 1.807) is 55.7 Å². The Balaban J connectivity index is 1.67. The van der Waals surface area contributed by atoms with Gasteiger partial charge in [-0.3, -0.25) is 4.79 Å². The fourth-order valence-electron chi connectivity index (χ4n) is 2.40. The number of esters is 1. The van der Waals surface area contributed by atoms with Crippen molar-refractivity contribution in [2.45, 2.75) is 6.73 Å². The van der Waals surface area contributed by atoms with E-state index in [1.807, 2.05) is 0 Å². The number of aromatic nitrogens is 3. The average Bonchev–Trinajstić information content (AvgIpc) is 2.71. The van der Waals surface area contributed by atoms with Gasteiger partial charge in [0.1, 0.15) is 5.52 Å². The van der Waals surface area contributed by atoms with Crippen molar-refractivity contribution in [2.75, 3.05) is 14.2 Å². The zero-order valence-electron chi connectivity index (χ0n) is 14.8. The van der Waals surface area contributed by atoms with Gasteiger partial charge in [0.25, 0.3) is 5.56 Å². The van der Waals surface area contributed by atoms with Crippen LogP contribution < -0.4 is 15.0 Å². The van der Waals surface area contributed by atoms with Crippen LogP contribution in [0.5, 0.6) is 11.5 Å². The van der Waals surface area contributed by atoms with E-state index in [-0.39, 0.29) is 12.3 Å². The molecule has 0 unspecified atom stereocenters. The number of carbonyl (C=O) groups is 1. The fraction of sp³-hybridized carbons (Fsp3) is 0.158. The van der Waals surface area contributed by atoms with Crippen molar-refractivity contribution in [3.8, 4) is 11.5 Å². The van der Waals surface area contributed by atoms with Crippen molar-refractivity contribution < 1.29 is 19.0 Å². The summed E-state index contributed by atoms with van der Waals surface area (Å²) >= 11 is 0. The molecule has 0 aliphatic carbocycles. The number of fused-ring (bicyclic) bond motifs is 1. The maximum Gasteiger partial charge on any atom is 0.332 e. The quantitative estimate of drug-likeness (QED) is 0.486. The van der Waals surface area contributed by atoms with E-state index in [2.05, 4.69) is 10.3 Å². The number of benzene rings is 2. The van der Waals surface area contributed by atoms with Crippen LogP contribution in [0, 0.1) is 0 Å². The Morgan fingerprint density at radius 1 is 1.11 bits per heavy atom.